The quantitative estimate of drug-likeness (QED) is 0.515. The fraction of sp³-hybridized carbons (Fsp3) is 0.455. The van der Waals surface area contributed by atoms with Crippen LogP contribution >= 0.6 is 0 Å². The molecule has 0 radical (unpaired) electrons. The van der Waals surface area contributed by atoms with E-state index in [9.17, 15) is 9.90 Å². The molecule has 6 nitrogen and oxygen atoms in total. The highest BCUT2D eigenvalue weighted by atomic mass is 16.3. The minimum Gasteiger partial charge on any atom is -0.394 e. The Kier molecular flexibility index (Phi) is 4.03. The summed E-state index contributed by atoms with van der Waals surface area (Å²) in [6.45, 7) is 3.44. The minimum atomic E-state index is -0.633. The molecule has 6 heteroatoms. The lowest BCUT2D eigenvalue weighted by Gasteiger charge is -2.34. The first-order chi connectivity index (χ1) is 7.94. The van der Waals surface area contributed by atoms with Crippen molar-refractivity contribution in [3.8, 4) is 0 Å². The van der Waals surface area contributed by atoms with Gasteiger partial charge in [0.05, 0.1) is 29.6 Å². The molecule has 94 valence electrons. The lowest BCUT2D eigenvalue weighted by atomic mass is 10.0. The van der Waals surface area contributed by atoms with E-state index in [-0.39, 0.29) is 12.5 Å². The van der Waals surface area contributed by atoms with Crippen molar-refractivity contribution in [2.24, 2.45) is 5.84 Å². The summed E-state index contributed by atoms with van der Waals surface area (Å²) in [5, 5.41) is 9.24. The molecule has 0 fully saturated rings. The Labute approximate surface area is 100 Å². The van der Waals surface area contributed by atoms with Crippen molar-refractivity contribution >= 4 is 11.6 Å². The molecule has 0 saturated carbocycles. The Morgan fingerprint density at radius 3 is 2.82 bits per heavy atom. The standard InChI is InChI=1S/C11H18N4O2/c1-11(2,7-16)15(3)10(17)8-4-5-13-6-9(8)14-12/h4-6,14,16H,7,12H2,1-3H3. The average molecular weight is 238 g/mol. The topological polar surface area (TPSA) is 91.5 Å². The molecule has 0 aromatic carbocycles. The van der Waals surface area contributed by atoms with Crippen molar-refractivity contribution < 1.29 is 9.90 Å². The summed E-state index contributed by atoms with van der Waals surface area (Å²) in [6, 6.07) is 1.58. The first-order valence-electron chi connectivity index (χ1n) is 5.23. The number of carbonyl (C=O) groups is 1. The molecule has 1 rings (SSSR count). The van der Waals surface area contributed by atoms with E-state index in [1.165, 1.54) is 17.3 Å². The average Bonchev–Trinajstić information content (AvgIpc) is 2.36. The second-order valence-electron chi connectivity index (χ2n) is 4.40. The van der Waals surface area contributed by atoms with Crippen LogP contribution in [0, 0.1) is 0 Å². The van der Waals surface area contributed by atoms with Gasteiger partial charge in [-0.3, -0.25) is 15.6 Å². The van der Waals surface area contributed by atoms with Gasteiger partial charge in [0.1, 0.15) is 0 Å². The van der Waals surface area contributed by atoms with Gasteiger partial charge in [0.15, 0.2) is 0 Å². The highest BCUT2D eigenvalue weighted by Gasteiger charge is 2.28. The number of hydrogen-bond acceptors (Lipinski definition) is 5. The molecule has 1 amide bonds. The van der Waals surface area contributed by atoms with Crippen LogP contribution in [-0.2, 0) is 0 Å². The van der Waals surface area contributed by atoms with Crippen LogP contribution in [0.5, 0.6) is 0 Å². The van der Waals surface area contributed by atoms with Crippen molar-refractivity contribution in [1.82, 2.24) is 9.88 Å². The number of nitrogens with zero attached hydrogens (tertiary/aromatic N) is 2. The number of nitrogen functional groups attached to an aromatic ring is 1. The molecule has 17 heavy (non-hydrogen) atoms. The van der Waals surface area contributed by atoms with Crippen LogP contribution < -0.4 is 11.3 Å². The first-order valence-corrected chi connectivity index (χ1v) is 5.23. The zero-order chi connectivity index (χ0) is 13.1. The van der Waals surface area contributed by atoms with E-state index in [2.05, 4.69) is 10.4 Å². The van der Waals surface area contributed by atoms with Crippen LogP contribution in [0.15, 0.2) is 18.5 Å². The Hall–Kier alpha value is -1.66. The maximum Gasteiger partial charge on any atom is 0.256 e. The number of hydrogen-bond donors (Lipinski definition) is 3. The molecule has 0 aliphatic rings. The molecule has 0 aliphatic carbocycles. The van der Waals surface area contributed by atoms with E-state index >= 15 is 0 Å². The molecule has 0 aliphatic heterocycles. The number of anilines is 1. The Balaban J connectivity index is 3.04. The number of nitrogens with one attached hydrogen (secondary N) is 1. The number of aliphatic hydroxyl groups excluding tert-OH is 1. The van der Waals surface area contributed by atoms with E-state index in [0.717, 1.165) is 0 Å². The van der Waals surface area contributed by atoms with E-state index in [4.69, 9.17) is 5.84 Å². The normalized spacial score (nSPS) is 11.1. The van der Waals surface area contributed by atoms with Gasteiger partial charge in [0.2, 0.25) is 0 Å². The summed E-state index contributed by atoms with van der Waals surface area (Å²) in [6.07, 6.45) is 3.00. The van der Waals surface area contributed by atoms with Crippen LogP contribution in [0.25, 0.3) is 0 Å². The van der Waals surface area contributed by atoms with Gasteiger partial charge >= 0.3 is 0 Å². The summed E-state index contributed by atoms with van der Waals surface area (Å²) in [5.41, 5.74) is 2.67. The van der Waals surface area contributed by atoms with Crippen molar-refractivity contribution in [2.45, 2.75) is 19.4 Å². The monoisotopic (exact) mass is 238 g/mol. The van der Waals surface area contributed by atoms with Crippen molar-refractivity contribution in [3.63, 3.8) is 0 Å². The highest BCUT2D eigenvalue weighted by molar-refractivity contribution is 5.99. The third-order valence-corrected chi connectivity index (χ3v) is 2.81. The Morgan fingerprint density at radius 2 is 2.29 bits per heavy atom. The summed E-state index contributed by atoms with van der Waals surface area (Å²) >= 11 is 0. The zero-order valence-electron chi connectivity index (χ0n) is 10.3. The van der Waals surface area contributed by atoms with Crippen LogP contribution in [0.4, 0.5) is 5.69 Å². The third-order valence-electron chi connectivity index (χ3n) is 2.81. The summed E-state index contributed by atoms with van der Waals surface area (Å²) in [5.74, 6) is 5.10. The number of nitrogens with two attached hydrogens (primary N) is 1. The predicted octanol–water partition coefficient (Wildman–Crippen LogP) is 0.210. The molecular weight excluding hydrogens is 220 g/mol. The zero-order valence-corrected chi connectivity index (χ0v) is 10.3. The summed E-state index contributed by atoms with van der Waals surface area (Å²) < 4.78 is 0. The van der Waals surface area contributed by atoms with Crippen LogP contribution in [0.1, 0.15) is 24.2 Å². The van der Waals surface area contributed by atoms with E-state index in [1.54, 1.807) is 27.0 Å². The predicted molar refractivity (Wildman–Crippen MR) is 65.3 cm³/mol. The molecule has 0 spiro atoms. The summed E-state index contributed by atoms with van der Waals surface area (Å²) in [7, 11) is 1.64. The van der Waals surface area contributed by atoms with Crippen molar-refractivity contribution in [2.75, 3.05) is 19.1 Å². The molecule has 0 atom stereocenters. The van der Waals surface area contributed by atoms with Gasteiger partial charge in [-0.2, -0.15) is 0 Å². The molecule has 1 heterocycles. The number of aromatic nitrogens is 1. The van der Waals surface area contributed by atoms with Crippen molar-refractivity contribution in [3.05, 3.63) is 24.0 Å². The molecule has 1 aromatic heterocycles. The van der Waals surface area contributed by atoms with Crippen LogP contribution in [0.2, 0.25) is 0 Å². The van der Waals surface area contributed by atoms with Gasteiger partial charge in [-0.15, -0.1) is 0 Å². The number of rotatable bonds is 4. The van der Waals surface area contributed by atoms with Gasteiger partial charge in [0, 0.05) is 13.2 Å². The van der Waals surface area contributed by atoms with Crippen LogP contribution in [0.3, 0.4) is 0 Å². The van der Waals surface area contributed by atoms with E-state index in [0.29, 0.717) is 11.3 Å². The van der Waals surface area contributed by atoms with Crippen LogP contribution in [-0.4, -0.2) is 40.1 Å². The lowest BCUT2D eigenvalue weighted by molar-refractivity contribution is 0.0474. The maximum atomic E-state index is 12.2. The largest absolute Gasteiger partial charge is 0.394 e. The molecule has 0 bridgehead atoms. The molecule has 4 N–H and O–H groups in total. The number of carbonyl (C=O) groups excluding carboxylic acids is 1. The fourth-order valence-corrected chi connectivity index (χ4v) is 1.26. The second kappa shape index (κ2) is 5.11. The Bertz CT molecular complexity index is 406. The number of pyridine rings is 1. The smallest absolute Gasteiger partial charge is 0.256 e. The van der Waals surface area contributed by atoms with Gasteiger partial charge in [-0.1, -0.05) is 0 Å². The number of amides is 1. The molecule has 0 unspecified atom stereocenters. The van der Waals surface area contributed by atoms with Crippen molar-refractivity contribution in [1.29, 1.82) is 0 Å². The van der Waals surface area contributed by atoms with E-state index < -0.39 is 5.54 Å². The first kappa shape index (κ1) is 13.4. The van der Waals surface area contributed by atoms with Gasteiger partial charge in [-0.25, -0.2) is 0 Å². The molecule has 1 aromatic rings. The fourth-order valence-electron chi connectivity index (χ4n) is 1.26. The van der Waals surface area contributed by atoms with Gasteiger partial charge in [-0.05, 0) is 19.9 Å². The minimum absolute atomic E-state index is 0.119. The maximum absolute atomic E-state index is 12.2. The second-order valence-corrected chi connectivity index (χ2v) is 4.40. The van der Waals surface area contributed by atoms with Gasteiger partial charge in [0.25, 0.3) is 5.91 Å². The van der Waals surface area contributed by atoms with Gasteiger partial charge < -0.3 is 15.4 Å². The number of hydrazine groups is 1. The summed E-state index contributed by atoms with van der Waals surface area (Å²) in [4.78, 5) is 17.6. The number of likely N-dealkylation sites (N-methyl/N-ethyl adjacent to an activating group) is 1. The number of aliphatic hydroxyl groups is 1. The lowest BCUT2D eigenvalue weighted by Crippen LogP contribution is -2.47. The highest BCUT2D eigenvalue weighted by Crippen LogP contribution is 2.19. The third kappa shape index (κ3) is 2.72. The molecule has 0 saturated heterocycles. The SMILES string of the molecule is CN(C(=O)c1ccncc1NN)C(C)(C)CO. The molecular formula is C11H18N4O2. The van der Waals surface area contributed by atoms with E-state index in [1.807, 2.05) is 0 Å². The Morgan fingerprint density at radius 1 is 1.65 bits per heavy atom.